The van der Waals surface area contributed by atoms with Crippen molar-refractivity contribution in [2.45, 2.75) is 18.2 Å². The van der Waals surface area contributed by atoms with Gasteiger partial charge in [0.15, 0.2) is 5.78 Å². The van der Waals surface area contributed by atoms with Gasteiger partial charge in [0.1, 0.15) is 5.75 Å². The maximum Gasteiger partial charge on any atom is 0.243 e. The fourth-order valence-corrected chi connectivity index (χ4v) is 4.77. The van der Waals surface area contributed by atoms with Gasteiger partial charge >= 0.3 is 0 Å². The smallest absolute Gasteiger partial charge is 0.243 e. The molecule has 0 bridgehead atoms. The van der Waals surface area contributed by atoms with Crippen molar-refractivity contribution in [2.75, 3.05) is 39.8 Å². The van der Waals surface area contributed by atoms with Crippen LogP contribution in [-0.4, -0.2) is 63.2 Å². The van der Waals surface area contributed by atoms with Gasteiger partial charge in [-0.25, -0.2) is 8.42 Å². The molecule has 0 radical (unpaired) electrons. The molecule has 2 aromatic rings. The summed E-state index contributed by atoms with van der Waals surface area (Å²) in [5.74, 6) is 0.705. The van der Waals surface area contributed by atoms with E-state index in [1.54, 1.807) is 25.3 Å². The van der Waals surface area contributed by atoms with E-state index >= 15 is 0 Å². The first-order valence-corrected chi connectivity index (χ1v) is 10.8. The van der Waals surface area contributed by atoms with Crippen molar-refractivity contribution in [2.24, 2.45) is 0 Å². The number of methoxy groups -OCH3 is 1. The molecule has 1 fully saturated rings. The van der Waals surface area contributed by atoms with E-state index in [1.165, 1.54) is 22.9 Å². The fourth-order valence-electron chi connectivity index (χ4n) is 3.30. The molecule has 0 atom stereocenters. The molecule has 0 unspecified atom stereocenters. The van der Waals surface area contributed by atoms with Crippen molar-refractivity contribution in [3.8, 4) is 5.75 Å². The van der Waals surface area contributed by atoms with Crippen molar-refractivity contribution < 1.29 is 17.9 Å². The summed E-state index contributed by atoms with van der Waals surface area (Å²) in [6.45, 7) is 4.63. The Kier molecular flexibility index (Phi) is 6.49. The molecule has 2 aromatic carbocycles. The number of hydrogen-bond donors (Lipinski definition) is 0. The van der Waals surface area contributed by atoms with Crippen LogP contribution in [0.3, 0.4) is 0 Å². The highest BCUT2D eigenvalue weighted by Crippen LogP contribution is 2.19. The van der Waals surface area contributed by atoms with Crippen molar-refractivity contribution in [1.82, 2.24) is 9.21 Å². The number of piperazine rings is 1. The Labute approximate surface area is 166 Å². The summed E-state index contributed by atoms with van der Waals surface area (Å²) in [5.41, 5.74) is 1.65. The molecule has 28 heavy (non-hydrogen) atoms. The van der Waals surface area contributed by atoms with E-state index in [-0.39, 0.29) is 10.7 Å². The third-order valence-corrected chi connectivity index (χ3v) is 6.98. The highest BCUT2D eigenvalue weighted by atomic mass is 32.2. The van der Waals surface area contributed by atoms with E-state index in [0.29, 0.717) is 31.7 Å². The lowest BCUT2D eigenvalue weighted by Crippen LogP contribution is -2.49. The minimum Gasteiger partial charge on any atom is -0.497 e. The first kappa shape index (κ1) is 20.5. The van der Waals surface area contributed by atoms with Gasteiger partial charge in [-0.3, -0.25) is 4.79 Å². The minimum atomic E-state index is -3.58. The van der Waals surface area contributed by atoms with Crippen LogP contribution >= 0.6 is 0 Å². The second kappa shape index (κ2) is 8.86. The monoisotopic (exact) mass is 402 g/mol. The maximum atomic E-state index is 12.9. The van der Waals surface area contributed by atoms with E-state index in [4.69, 9.17) is 4.74 Å². The van der Waals surface area contributed by atoms with Crippen molar-refractivity contribution in [1.29, 1.82) is 0 Å². The first-order valence-electron chi connectivity index (χ1n) is 9.36. The average molecular weight is 403 g/mol. The molecule has 0 amide bonds. The zero-order valence-corrected chi connectivity index (χ0v) is 17.1. The van der Waals surface area contributed by atoms with Gasteiger partial charge in [0.05, 0.1) is 12.0 Å². The maximum absolute atomic E-state index is 12.9. The van der Waals surface area contributed by atoms with Gasteiger partial charge < -0.3 is 9.64 Å². The summed E-state index contributed by atoms with van der Waals surface area (Å²) in [6, 6.07) is 14.3. The minimum absolute atomic E-state index is 0.139. The van der Waals surface area contributed by atoms with Crippen molar-refractivity contribution >= 4 is 15.8 Å². The summed E-state index contributed by atoms with van der Waals surface area (Å²) in [4.78, 5) is 14.0. The van der Waals surface area contributed by atoms with Crippen LogP contribution < -0.4 is 4.74 Å². The molecule has 0 saturated carbocycles. The van der Waals surface area contributed by atoms with E-state index in [2.05, 4.69) is 17.0 Å². The van der Waals surface area contributed by atoms with E-state index in [1.807, 2.05) is 12.1 Å². The summed E-state index contributed by atoms with van der Waals surface area (Å²) >= 11 is 0. The van der Waals surface area contributed by atoms with Gasteiger partial charge in [0.25, 0.3) is 0 Å². The lowest BCUT2D eigenvalue weighted by Gasteiger charge is -2.34. The molecule has 1 aliphatic rings. The summed E-state index contributed by atoms with van der Waals surface area (Å²) < 4.78 is 32.5. The van der Waals surface area contributed by atoms with Crippen LogP contribution in [0.4, 0.5) is 0 Å². The SMILES string of the molecule is COc1ccc(CCN2CCN(S(=O)(=O)c3cccc(C(C)=O)c3)CC2)cc1. The second-order valence-electron chi connectivity index (χ2n) is 6.93. The van der Waals surface area contributed by atoms with Crippen LogP contribution in [0.5, 0.6) is 5.75 Å². The number of ketones is 1. The van der Waals surface area contributed by atoms with E-state index in [9.17, 15) is 13.2 Å². The van der Waals surface area contributed by atoms with Gasteiger partial charge in [-0.2, -0.15) is 4.31 Å². The summed E-state index contributed by atoms with van der Waals surface area (Å²) in [6.07, 6.45) is 0.914. The Bertz CT molecular complexity index is 918. The standard InChI is InChI=1S/C21H26N2O4S/c1-17(24)19-4-3-5-21(16-19)28(25,26)23-14-12-22(13-15-23)11-10-18-6-8-20(27-2)9-7-18/h3-9,16H,10-15H2,1-2H3. The Hall–Kier alpha value is -2.22. The summed E-state index contributed by atoms with van der Waals surface area (Å²) in [5, 5.41) is 0. The topological polar surface area (TPSA) is 66.9 Å². The molecule has 0 aromatic heterocycles. The van der Waals surface area contributed by atoms with Crippen LogP contribution in [0.15, 0.2) is 53.4 Å². The van der Waals surface area contributed by atoms with Crippen molar-refractivity contribution in [3.05, 3.63) is 59.7 Å². The van der Waals surface area contributed by atoms with Gasteiger partial charge in [0.2, 0.25) is 10.0 Å². The molecule has 0 spiro atoms. The Morgan fingerprint density at radius 1 is 1.04 bits per heavy atom. The van der Waals surface area contributed by atoms with Crippen LogP contribution in [-0.2, 0) is 16.4 Å². The van der Waals surface area contributed by atoms with Crippen LogP contribution in [0.1, 0.15) is 22.8 Å². The summed E-state index contributed by atoms with van der Waals surface area (Å²) in [7, 11) is -1.92. The van der Waals surface area contributed by atoms with E-state index < -0.39 is 10.0 Å². The average Bonchev–Trinajstić information content (AvgIpc) is 2.73. The Balaban J connectivity index is 1.56. The van der Waals surface area contributed by atoms with Gasteiger partial charge in [-0.15, -0.1) is 0 Å². The molecule has 1 saturated heterocycles. The lowest BCUT2D eigenvalue weighted by molar-refractivity contribution is 0.101. The molecule has 1 aliphatic heterocycles. The lowest BCUT2D eigenvalue weighted by atomic mass is 10.1. The molecular weight excluding hydrogens is 376 g/mol. The highest BCUT2D eigenvalue weighted by Gasteiger charge is 2.28. The number of ether oxygens (including phenoxy) is 1. The fraction of sp³-hybridized carbons (Fsp3) is 0.381. The van der Waals surface area contributed by atoms with E-state index in [0.717, 1.165) is 18.7 Å². The number of carbonyl (C=O) groups is 1. The number of rotatable bonds is 7. The third kappa shape index (κ3) is 4.79. The number of carbonyl (C=O) groups excluding carboxylic acids is 1. The van der Waals surface area contributed by atoms with Crippen LogP contribution in [0.25, 0.3) is 0 Å². The van der Waals surface area contributed by atoms with Gasteiger partial charge in [-0.1, -0.05) is 24.3 Å². The predicted octanol–water partition coefficient (Wildman–Crippen LogP) is 2.45. The molecule has 6 nitrogen and oxygen atoms in total. The number of benzene rings is 2. The second-order valence-corrected chi connectivity index (χ2v) is 8.87. The van der Waals surface area contributed by atoms with Crippen molar-refractivity contribution in [3.63, 3.8) is 0 Å². The molecular formula is C21H26N2O4S. The van der Waals surface area contributed by atoms with Gasteiger partial charge in [-0.05, 0) is 43.2 Å². The van der Waals surface area contributed by atoms with Crippen LogP contribution in [0.2, 0.25) is 0 Å². The zero-order valence-electron chi connectivity index (χ0n) is 16.3. The zero-order chi connectivity index (χ0) is 20.1. The number of Topliss-reactive ketones (excluding diaryl/α,β-unsaturated/α-hetero) is 1. The molecule has 1 heterocycles. The number of hydrogen-bond acceptors (Lipinski definition) is 5. The molecule has 0 N–H and O–H groups in total. The van der Waals surface area contributed by atoms with Crippen LogP contribution in [0, 0.1) is 0 Å². The first-order chi connectivity index (χ1) is 13.4. The quantitative estimate of drug-likeness (QED) is 0.666. The Morgan fingerprint density at radius 3 is 2.32 bits per heavy atom. The number of sulfonamides is 1. The van der Waals surface area contributed by atoms with Gasteiger partial charge in [0, 0.05) is 38.3 Å². The third-order valence-electron chi connectivity index (χ3n) is 5.09. The largest absolute Gasteiger partial charge is 0.497 e. The predicted molar refractivity (Wildman–Crippen MR) is 108 cm³/mol. The normalized spacial score (nSPS) is 16.1. The number of nitrogens with zero attached hydrogens (tertiary/aromatic N) is 2. The Morgan fingerprint density at radius 2 is 1.71 bits per heavy atom. The molecule has 3 rings (SSSR count). The molecule has 7 heteroatoms. The molecule has 150 valence electrons. The molecule has 0 aliphatic carbocycles. The highest BCUT2D eigenvalue weighted by molar-refractivity contribution is 7.89.